The van der Waals surface area contributed by atoms with Crippen LogP contribution >= 0.6 is 0 Å². The number of rotatable bonds is 5. The number of esters is 1. The Balaban J connectivity index is 1.73. The highest BCUT2D eigenvalue weighted by atomic mass is 16.5. The van der Waals surface area contributed by atoms with Crippen molar-refractivity contribution in [3.63, 3.8) is 0 Å². The molecule has 1 heterocycles. The van der Waals surface area contributed by atoms with E-state index in [0.717, 1.165) is 5.56 Å². The number of aryl methyl sites for hydroxylation is 1. The summed E-state index contributed by atoms with van der Waals surface area (Å²) in [6.07, 6.45) is 1.53. The summed E-state index contributed by atoms with van der Waals surface area (Å²) < 4.78 is 4.74. The van der Waals surface area contributed by atoms with Gasteiger partial charge in [-0.05, 0) is 31.4 Å². The first-order chi connectivity index (χ1) is 11.5. The van der Waals surface area contributed by atoms with E-state index < -0.39 is 0 Å². The van der Waals surface area contributed by atoms with Crippen LogP contribution in [-0.4, -0.2) is 49.4 Å². The summed E-state index contributed by atoms with van der Waals surface area (Å²) in [5, 5.41) is 2.79. The number of amides is 2. The third-order valence-electron chi connectivity index (χ3n) is 4.40. The van der Waals surface area contributed by atoms with Crippen molar-refractivity contribution in [2.75, 3.05) is 26.7 Å². The summed E-state index contributed by atoms with van der Waals surface area (Å²) in [7, 11) is 1.39. The monoisotopic (exact) mass is 332 g/mol. The topological polar surface area (TPSA) is 75.7 Å². The number of carbonyl (C=O) groups is 3. The summed E-state index contributed by atoms with van der Waals surface area (Å²) in [6.45, 7) is 3.31. The Kier molecular flexibility index (Phi) is 6.35. The van der Waals surface area contributed by atoms with Gasteiger partial charge in [-0.2, -0.15) is 0 Å². The maximum Gasteiger partial charge on any atom is 0.308 e. The van der Waals surface area contributed by atoms with Crippen LogP contribution in [0.3, 0.4) is 0 Å². The van der Waals surface area contributed by atoms with Crippen LogP contribution in [0.4, 0.5) is 0 Å². The molecule has 6 heteroatoms. The van der Waals surface area contributed by atoms with Crippen molar-refractivity contribution in [3.05, 3.63) is 35.4 Å². The van der Waals surface area contributed by atoms with E-state index in [-0.39, 0.29) is 30.1 Å². The molecule has 1 aliphatic heterocycles. The first kappa shape index (κ1) is 18.0. The molecule has 0 bridgehead atoms. The van der Waals surface area contributed by atoms with E-state index in [4.69, 9.17) is 4.74 Å². The second kappa shape index (κ2) is 8.47. The van der Waals surface area contributed by atoms with Crippen LogP contribution in [0.5, 0.6) is 0 Å². The fraction of sp³-hybridized carbons (Fsp3) is 0.500. The number of likely N-dealkylation sites (tertiary alicyclic amines) is 1. The van der Waals surface area contributed by atoms with Crippen LogP contribution in [0.2, 0.25) is 0 Å². The molecule has 130 valence electrons. The van der Waals surface area contributed by atoms with Gasteiger partial charge in [-0.3, -0.25) is 14.4 Å². The molecule has 0 aliphatic carbocycles. The fourth-order valence-electron chi connectivity index (χ4n) is 2.90. The minimum absolute atomic E-state index is 0.00315. The molecule has 1 aromatic carbocycles. The predicted molar refractivity (Wildman–Crippen MR) is 89.4 cm³/mol. The van der Waals surface area contributed by atoms with Gasteiger partial charge in [0.2, 0.25) is 5.91 Å². The first-order valence-electron chi connectivity index (χ1n) is 8.22. The number of methoxy groups -OCH3 is 1. The molecule has 0 aromatic heterocycles. The maximum absolute atomic E-state index is 12.2. The molecule has 0 spiro atoms. The molecule has 2 rings (SSSR count). The molecule has 6 nitrogen and oxygen atoms in total. The van der Waals surface area contributed by atoms with Crippen molar-refractivity contribution < 1.29 is 19.1 Å². The number of benzene rings is 1. The van der Waals surface area contributed by atoms with Crippen molar-refractivity contribution in [3.8, 4) is 0 Å². The summed E-state index contributed by atoms with van der Waals surface area (Å²) in [5.41, 5.74) is 1.54. The molecular weight excluding hydrogens is 308 g/mol. The summed E-state index contributed by atoms with van der Waals surface area (Å²) in [6, 6.07) is 7.35. The Morgan fingerprint density at radius 2 is 1.88 bits per heavy atom. The lowest BCUT2D eigenvalue weighted by molar-refractivity contribution is -0.148. The highest BCUT2D eigenvalue weighted by molar-refractivity contribution is 5.95. The third-order valence-corrected chi connectivity index (χ3v) is 4.40. The van der Waals surface area contributed by atoms with Gasteiger partial charge in [0.25, 0.3) is 5.91 Å². The van der Waals surface area contributed by atoms with E-state index in [1.807, 2.05) is 25.1 Å². The zero-order chi connectivity index (χ0) is 17.5. The van der Waals surface area contributed by atoms with Crippen molar-refractivity contribution >= 4 is 17.8 Å². The fourth-order valence-corrected chi connectivity index (χ4v) is 2.90. The molecule has 1 fully saturated rings. The minimum atomic E-state index is -0.201. The van der Waals surface area contributed by atoms with Crippen molar-refractivity contribution in [2.45, 2.75) is 26.2 Å². The van der Waals surface area contributed by atoms with E-state index >= 15 is 0 Å². The Bertz CT molecular complexity index is 607. The molecule has 0 saturated carbocycles. The molecule has 0 radical (unpaired) electrons. The standard InChI is InChI=1S/C18H24N2O4/c1-13-5-3-4-6-15(13)17(22)19-10-7-16(21)20-11-8-14(9-12-20)18(23)24-2/h3-6,14H,7-12H2,1-2H3,(H,19,22). The Labute approximate surface area is 142 Å². The molecule has 0 unspecified atom stereocenters. The lowest BCUT2D eigenvalue weighted by Crippen LogP contribution is -2.41. The average molecular weight is 332 g/mol. The number of nitrogens with zero attached hydrogens (tertiary/aromatic N) is 1. The molecule has 2 amide bonds. The lowest BCUT2D eigenvalue weighted by atomic mass is 9.97. The van der Waals surface area contributed by atoms with Gasteiger partial charge >= 0.3 is 5.97 Å². The SMILES string of the molecule is COC(=O)C1CCN(C(=O)CCNC(=O)c2ccccc2C)CC1. The number of piperidine rings is 1. The van der Waals surface area contributed by atoms with Gasteiger partial charge in [-0.15, -0.1) is 0 Å². The van der Waals surface area contributed by atoms with Crippen LogP contribution in [-0.2, 0) is 14.3 Å². The Morgan fingerprint density at radius 3 is 2.50 bits per heavy atom. The van der Waals surface area contributed by atoms with E-state index in [0.29, 0.717) is 38.0 Å². The number of carbonyl (C=O) groups excluding carboxylic acids is 3. The molecule has 1 N–H and O–H groups in total. The van der Waals surface area contributed by atoms with Crippen LogP contribution in [0.25, 0.3) is 0 Å². The lowest BCUT2D eigenvalue weighted by Gasteiger charge is -2.30. The van der Waals surface area contributed by atoms with E-state index in [1.54, 1.807) is 11.0 Å². The largest absolute Gasteiger partial charge is 0.469 e. The molecule has 1 saturated heterocycles. The zero-order valence-electron chi connectivity index (χ0n) is 14.2. The minimum Gasteiger partial charge on any atom is -0.469 e. The average Bonchev–Trinajstić information content (AvgIpc) is 2.61. The third kappa shape index (κ3) is 4.57. The quantitative estimate of drug-likeness (QED) is 0.830. The van der Waals surface area contributed by atoms with Gasteiger partial charge in [0.15, 0.2) is 0 Å². The number of hydrogen-bond acceptors (Lipinski definition) is 4. The van der Waals surface area contributed by atoms with Gasteiger partial charge in [-0.25, -0.2) is 0 Å². The number of nitrogens with one attached hydrogen (secondary N) is 1. The molecule has 0 atom stereocenters. The highest BCUT2D eigenvalue weighted by Gasteiger charge is 2.27. The summed E-state index contributed by atoms with van der Waals surface area (Å²) in [4.78, 5) is 37.5. The van der Waals surface area contributed by atoms with E-state index in [1.165, 1.54) is 7.11 Å². The van der Waals surface area contributed by atoms with Crippen molar-refractivity contribution in [1.82, 2.24) is 10.2 Å². The van der Waals surface area contributed by atoms with Crippen molar-refractivity contribution in [1.29, 1.82) is 0 Å². The number of hydrogen-bond donors (Lipinski definition) is 1. The second-order valence-electron chi connectivity index (χ2n) is 6.00. The first-order valence-corrected chi connectivity index (χ1v) is 8.22. The maximum atomic E-state index is 12.2. The van der Waals surface area contributed by atoms with E-state index in [9.17, 15) is 14.4 Å². The van der Waals surface area contributed by atoms with Gasteiger partial charge in [0.05, 0.1) is 13.0 Å². The van der Waals surface area contributed by atoms with Crippen LogP contribution in [0.15, 0.2) is 24.3 Å². The Hall–Kier alpha value is -2.37. The predicted octanol–water partition coefficient (Wildman–Crippen LogP) is 1.53. The van der Waals surface area contributed by atoms with Gasteiger partial charge < -0.3 is 15.0 Å². The van der Waals surface area contributed by atoms with Crippen LogP contribution in [0.1, 0.15) is 35.2 Å². The second-order valence-corrected chi connectivity index (χ2v) is 6.00. The summed E-state index contributed by atoms with van der Waals surface area (Å²) >= 11 is 0. The highest BCUT2D eigenvalue weighted by Crippen LogP contribution is 2.18. The van der Waals surface area contributed by atoms with E-state index in [2.05, 4.69) is 5.32 Å². The Morgan fingerprint density at radius 1 is 1.21 bits per heavy atom. The molecule has 1 aromatic rings. The van der Waals surface area contributed by atoms with Crippen molar-refractivity contribution in [2.24, 2.45) is 5.92 Å². The molecule has 1 aliphatic rings. The zero-order valence-corrected chi connectivity index (χ0v) is 14.2. The van der Waals surface area contributed by atoms with Gasteiger partial charge in [-0.1, -0.05) is 18.2 Å². The molecule has 24 heavy (non-hydrogen) atoms. The summed E-state index contributed by atoms with van der Waals surface area (Å²) in [5.74, 6) is -0.471. The van der Waals surface area contributed by atoms with Gasteiger partial charge in [0, 0.05) is 31.6 Å². The number of ether oxygens (including phenoxy) is 1. The van der Waals surface area contributed by atoms with Crippen LogP contribution < -0.4 is 5.32 Å². The molecular formula is C18H24N2O4. The van der Waals surface area contributed by atoms with Gasteiger partial charge in [0.1, 0.15) is 0 Å². The normalized spacial score (nSPS) is 15.0. The smallest absolute Gasteiger partial charge is 0.308 e. The van der Waals surface area contributed by atoms with Crippen LogP contribution in [0, 0.1) is 12.8 Å².